The van der Waals surface area contributed by atoms with E-state index in [2.05, 4.69) is 4.90 Å². The van der Waals surface area contributed by atoms with Gasteiger partial charge in [-0.05, 0) is 38.1 Å². The minimum Gasteiger partial charge on any atom is -0.497 e. The number of carbonyl (C=O) groups is 1. The summed E-state index contributed by atoms with van der Waals surface area (Å²) in [5, 5.41) is 9.18. The minimum absolute atomic E-state index is 0.0309. The number of aliphatic carboxylic acids is 1. The van der Waals surface area contributed by atoms with E-state index in [9.17, 15) is 9.90 Å². The molecular formula is C15H21NO4. The van der Waals surface area contributed by atoms with Crippen molar-refractivity contribution in [3.63, 3.8) is 0 Å². The highest BCUT2D eigenvalue weighted by Crippen LogP contribution is 2.30. The Morgan fingerprint density at radius 3 is 2.70 bits per heavy atom. The number of ether oxygens (including phenoxy) is 2. The molecule has 2 rings (SSSR count). The first-order valence-corrected chi connectivity index (χ1v) is 6.74. The summed E-state index contributed by atoms with van der Waals surface area (Å²) in [6.45, 7) is 3.43. The van der Waals surface area contributed by atoms with Gasteiger partial charge in [-0.2, -0.15) is 0 Å². The van der Waals surface area contributed by atoms with E-state index in [4.69, 9.17) is 9.47 Å². The fraction of sp³-hybridized carbons (Fsp3) is 0.533. The maximum absolute atomic E-state index is 11.2. The van der Waals surface area contributed by atoms with E-state index in [1.165, 1.54) is 0 Å². The molecule has 0 spiro atoms. The van der Waals surface area contributed by atoms with Crippen LogP contribution in [0.25, 0.3) is 0 Å². The van der Waals surface area contributed by atoms with E-state index >= 15 is 0 Å². The van der Waals surface area contributed by atoms with Crippen LogP contribution < -0.4 is 9.47 Å². The number of carboxylic acids is 1. The third-order valence-electron chi connectivity index (χ3n) is 4.06. The van der Waals surface area contributed by atoms with Gasteiger partial charge in [-0.25, -0.2) is 0 Å². The number of methoxy groups -OCH3 is 2. The van der Waals surface area contributed by atoms with Crippen molar-refractivity contribution < 1.29 is 19.4 Å². The van der Waals surface area contributed by atoms with Crippen LogP contribution in [0.2, 0.25) is 0 Å². The fourth-order valence-electron chi connectivity index (χ4n) is 2.78. The van der Waals surface area contributed by atoms with E-state index in [0.29, 0.717) is 13.0 Å². The highest BCUT2D eigenvalue weighted by molar-refractivity contribution is 5.71. The predicted octanol–water partition coefficient (Wildman–Crippen LogP) is 2.00. The van der Waals surface area contributed by atoms with Gasteiger partial charge in [0.05, 0.1) is 20.1 Å². The third-order valence-corrected chi connectivity index (χ3v) is 4.06. The van der Waals surface area contributed by atoms with Crippen LogP contribution in [0.15, 0.2) is 18.2 Å². The van der Waals surface area contributed by atoms with Crippen molar-refractivity contribution in [1.29, 1.82) is 0 Å². The lowest BCUT2D eigenvalue weighted by Crippen LogP contribution is -2.32. The monoisotopic (exact) mass is 279 g/mol. The second-order valence-corrected chi connectivity index (χ2v) is 5.12. The molecular weight excluding hydrogens is 258 g/mol. The maximum Gasteiger partial charge on any atom is 0.308 e. The Morgan fingerprint density at radius 2 is 2.15 bits per heavy atom. The molecule has 0 radical (unpaired) electrons. The first kappa shape index (κ1) is 14.7. The Labute approximate surface area is 119 Å². The zero-order valence-corrected chi connectivity index (χ0v) is 12.1. The van der Waals surface area contributed by atoms with Gasteiger partial charge in [0.25, 0.3) is 0 Å². The zero-order valence-electron chi connectivity index (χ0n) is 12.1. The summed E-state index contributed by atoms with van der Waals surface area (Å²) in [4.78, 5) is 13.3. The van der Waals surface area contributed by atoms with Gasteiger partial charge >= 0.3 is 5.97 Å². The van der Waals surface area contributed by atoms with Crippen LogP contribution in [0.1, 0.15) is 18.9 Å². The summed E-state index contributed by atoms with van der Waals surface area (Å²) in [7, 11) is 3.27. The molecule has 2 atom stereocenters. The Balaban J connectivity index is 2.16. The number of rotatable bonds is 5. The number of hydrogen-bond acceptors (Lipinski definition) is 4. The number of carboxylic acid groups (broad SMARTS) is 1. The smallest absolute Gasteiger partial charge is 0.308 e. The molecule has 1 fully saturated rings. The molecule has 0 amide bonds. The molecule has 5 heteroatoms. The molecule has 1 aromatic carbocycles. The Bertz CT molecular complexity index is 489. The Morgan fingerprint density at radius 1 is 1.40 bits per heavy atom. The molecule has 5 nitrogen and oxygen atoms in total. The highest BCUT2D eigenvalue weighted by atomic mass is 16.5. The SMILES string of the molecule is COc1ccc(OC)c(CN2CCC(C(=O)O)C2C)c1. The number of likely N-dealkylation sites (tertiary alicyclic amines) is 1. The van der Waals surface area contributed by atoms with Crippen LogP contribution in [0.3, 0.4) is 0 Å². The van der Waals surface area contributed by atoms with E-state index in [-0.39, 0.29) is 12.0 Å². The molecule has 2 unspecified atom stereocenters. The third kappa shape index (κ3) is 2.88. The predicted molar refractivity (Wildman–Crippen MR) is 75.2 cm³/mol. The molecule has 20 heavy (non-hydrogen) atoms. The van der Waals surface area contributed by atoms with E-state index in [1.807, 2.05) is 25.1 Å². The van der Waals surface area contributed by atoms with Crippen LogP contribution >= 0.6 is 0 Å². The summed E-state index contributed by atoms with van der Waals surface area (Å²) >= 11 is 0. The standard InChI is InChI=1S/C15H21NO4/c1-10-13(15(17)18)6-7-16(10)9-11-8-12(19-2)4-5-14(11)20-3/h4-5,8,10,13H,6-7,9H2,1-3H3,(H,17,18). The molecule has 0 bridgehead atoms. The van der Waals surface area contributed by atoms with E-state index in [0.717, 1.165) is 23.6 Å². The minimum atomic E-state index is -0.711. The van der Waals surface area contributed by atoms with Crippen molar-refractivity contribution in [2.75, 3.05) is 20.8 Å². The van der Waals surface area contributed by atoms with Gasteiger partial charge in [0, 0.05) is 18.2 Å². The van der Waals surface area contributed by atoms with E-state index < -0.39 is 5.97 Å². The molecule has 1 saturated heterocycles. The first-order valence-electron chi connectivity index (χ1n) is 6.74. The molecule has 110 valence electrons. The lowest BCUT2D eigenvalue weighted by atomic mass is 10.0. The van der Waals surface area contributed by atoms with Crippen LogP contribution in [-0.2, 0) is 11.3 Å². The molecule has 1 aliphatic heterocycles. The summed E-state index contributed by atoms with van der Waals surface area (Å²) < 4.78 is 10.6. The lowest BCUT2D eigenvalue weighted by Gasteiger charge is -2.24. The summed E-state index contributed by atoms with van der Waals surface area (Å²) in [6, 6.07) is 5.71. The van der Waals surface area contributed by atoms with Gasteiger partial charge in [0.15, 0.2) is 0 Å². The van der Waals surface area contributed by atoms with Crippen LogP contribution in [-0.4, -0.2) is 42.8 Å². The van der Waals surface area contributed by atoms with Crippen LogP contribution in [0.5, 0.6) is 11.5 Å². The molecule has 1 aliphatic rings. The van der Waals surface area contributed by atoms with Gasteiger partial charge in [-0.1, -0.05) is 0 Å². The molecule has 0 saturated carbocycles. The molecule has 1 heterocycles. The van der Waals surface area contributed by atoms with Gasteiger partial charge in [0.2, 0.25) is 0 Å². The Hall–Kier alpha value is -1.75. The summed E-state index contributed by atoms with van der Waals surface area (Å²) in [6.07, 6.45) is 0.697. The largest absolute Gasteiger partial charge is 0.497 e. The van der Waals surface area contributed by atoms with Crippen LogP contribution in [0.4, 0.5) is 0 Å². The normalized spacial score (nSPS) is 22.8. The Kier molecular flexibility index (Phi) is 4.49. The van der Waals surface area contributed by atoms with Crippen molar-refractivity contribution >= 4 is 5.97 Å². The maximum atomic E-state index is 11.2. The second-order valence-electron chi connectivity index (χ2n) is 5.12. The number of benzene rings is 1. The average molecular weight is 279 g/mol. The summed E-state index contributed by atoms with van der Waals surface area (Å²) in [5.41, 5.74) is 1.02. The number of nitrogens with zero attached hydrogens (tertiary/aromatic N) is 1. The zero-order chi connectivity index (χ0) is 14.7. The quantitative estimate of drug-likeness (QED) is 0.893. The first-order chi connectivity index (χ1) is 9.56. The number of hydrogen-bond donors (Lipinski definition) is 1. The molecule has 0 aromatic heterocycles. The van der Waals surface area contributed by atoms with Crippen molar-refractivity contribution in [3.8, 4) is 11.5 Å². The van der Waals surface area contributed by atoms with Gasteiger partial charge in [-0.15, -0.1) is 0 Å². The van der Waals surface area contributed by atoms with Crippen molar-refractivity contribution in [3.05, 3.63) is 23.8 Å². The van der Waals surface area contributed by atoms with E-state index in [1.54, 1.807) is 14.2 Å². The van der Waals surface area contributed by atoms with Crippen molar-refractivity contribution in [1.82, 2.24) is 4.90 Å². The average Bonchev–Trinajstić information content (AvgIpc) is 2.80. The van der Waals surface area contributed by atoms with Crippen molar-refractivity contribution in [2.24, 2.45) is 5.92 Å². The van der Waals surface area contributed by atoms with Gasteiger partial charge in [0.1, 0.15) is 11.5 Å². The van der Waals surface area contributed by atoms with Gasteiger partial charge < -0.3 is 14.6 Å². The second kappa shape index (κ2) is 6.13. The molecule has 0 aliphatic carbocycles. The summed E-state index contributed by atoms with van der Waals surface area (Å²) in [5.74, 6) is 0.586. The lowest BCUT2D eigenvalue weighted by molar-refractivity contribution is -0.142. The van der Waals surface area contributed by atoms with Crippen molar-refractivity contribution in [2.45, 2.75) is 25.9 Å². The highest BCUT2D eigenvalue weighted by Gasteiger charge is 2.35. The van der Waals surface area contributed by atoms with Gasteiger partial charge in [-0.3, -0.25) is 9.69 Å². The fourth-order valence-corrected chi connectivity index (χ4v) is 2.78. The molecule has 1 aromatic rings. The molecule has 1 N–H and O–H groups in total. The topological polar surface area (TPSA) is 59.0 Å². The van der Waals surface area contributed by atoms with Crippen LogP contribution in [0, 0.1) is 5.92 Å².